The Labute approximate surface area is 117 Å². The lowest BCUT2D eigenvalue weighted by molar-refractivity contribution is 0.717. The summed E-state index contributed by atoms with van der Waals surface area (Å²) in [6, 6.07) is 16.5. The average molecular weight is 422 g/mol. The van der Waals surface area contributed by atoms with Crippen LogP contribution in [0.4, 0.5) is 0 Å². The fraction of sp³-hybridized carbons (Fsp3) is 0. The van der Waals surface area contributed by atoms with Gasteiger partial charge >= 0.3 is 0 Å². The van der Waals surface area contributed by atoms with Gasteiger partial charge in [0.05, 0.1) is 0 Å². The average Bonchev–Trinajstić information content (AvgIpc) is 2.30. The summed E-state index contributed by atoms with van der Waals surface area (Å²) in [4.78, 5) is 0. The van der Waals surface area contributed by atoms with Crippen molar-refractivity contribution in [3.63, 3.8) is 0 Å². The van der Waals surface area contributed by atoms with Crippen LogP contribution in [0.5, 0.6) is 5.75 Å². The van der Waals surface area contributed by atoms with Crippen LogP contribution in [0.25, 0.3) is 11.1 Å². The van der Waals surface area contributed by atoms with Crippen molar-refractivity contribution in [3.8, 4) is 16.9 Å². The molecule has 0 aliphatic heterocycles. The monoisotopic (exact) mass is 422 g/mol. The first kappa shape index (κ1) is 11.2. The van der Waals surface area contributed by atoms with Gasteiger partial charge < -0.3 is 3.07 Å². The molecule has 3 heteroatoms. The molecule has 1 nitrogen and oxygen atoms in total. The van der Waals surface area contributed by atoms with Crippen LogP contribution in [-0.4, -0.2) is 0 Å². The SMILES string of the molecule is IOc1ccc(-c2ccc(I)cc2)cc1. The summed E-state index contributed by atoms with van der Waals surface area (Å²) in [6.45, 7) is 0. The first-order chi connectivity index (χ1) is 7.29. The maximum absolute atomic E-state index is 5.09. The molecule has 0 fully saturated rings. The Morgan fingerprint density at radius 1 is 0.733 bits per heavy atom. The summed E-state index contributed by atoms with van der Waals surface area (Å²) < 4.78 is 6.35. The zero-order valence-electron chi connectivity index (χ0n) is 7.78. The molecule has 0 aliphatic rings. The van der Waals surface area contributed by atoms with E-state index in [4.69, 9.17) is 3.07 Å². The summed E-state index contributed by atoms with van der Waals surface area (Å²) in [5.74, 6) is 0.880. The lowest BCUT2D eigenvalue weighted by atomic mass is 10.1. The molecule has 0 unspecified atom stereocenters. The van der Waals surface area contributed by atoms with Gasteiger partial charge in [0.2, 0.25) is 0 Å². The van der Waals surface area contributed by atoms with E-state index in [1.54, 1.807) is 0 Å². The molecule has 0 heterocycles. The molecule has 0 aromatic heterocycles. The maximum Gasteiger partial charge on any atom is 0.192 e. The standard InChI is InChI=1S/C12H8I2O/c13-11-5-1-9(2-6-11)10-3-7-12(15-14)8-4-10/h1-8H. The second kappa shape index (κ2) is 5.16. The number of benzene rings is 2. The van der Waals surface area contributed by atoms with E-state index in [-0.39, 0.29) is 0 Å². The molecule has 0 amide bonds. The molecule has 2 rings (SSSR count). The van der Waals surface area contributed by atoms with Crippen LogP contribution in [0.15, 0.2) is 48.5 Å². The Kier molecular flexibility index (Phi) is 3.85. The Bertz CT molecular complexity index is 434. The van der Waals surface area contributed by atoms with E-state index in [0.717, 1.165) is 5.75 Å². The molecule has 0 aliphatic carbocycles. The van der Waals surface area contributed by atoms with Crippen LogP contribution >= 0.6 is 45.6 Å². The Balaban J connectivity index is 2.33. The van der Waals surface area contributed by atoms with E-state index in [0.29, 0.717) is 0 Å². The van der Waals surface area contributed by atoms with Crippen molar-refractivity contribution >= 4 is 45.6 Å². The minimum atomic E-state index is 0.880. The highest BCUT2D eigenvalue weighted by atomic mass is 127. The van der Waals surface area contributed by atoms with Crippen molar-refractivity contribution in [3.05, 3.63) is 52.1 Å². The van der Waals surface area contributed by atoms with Crippen molar-refractivity contribution in [2.75, 3.05) is 0 Å². The molecular weight excluding hydrogens is 414 g/mol. The van der Waals surface area contributed by atoms with Crippen molar-refractivity contribution in [2.45, 2.75) is 0 Å². The van der Waals surface area contributed by atoms with Gasteiger partial charge in [-0.05, 0) is 58.0 Å². The topological polar surface area (TPSA) is 9.23 Å². The normalized spacial score (nSPS) is 10.0. The number of hydrogen-bond donors (Lipinski definition) is 0. The van der Waals surface area contributed by atoms with E-state index < -0.39 is 0 Å². The molecule has 0 bridgehead atoms. The number of halogens is 2. The van der Waals surface area contributed by atoms with E-state index in [2.05, 4.69) is 59.0 Å². The van der Waals surface area contributed by atoms with E-state index >= 15 is 0 Å². The molecule has 0 radical (unpaired) electrons. The molecule has 0 atom stereocenters. The summed E-state index contributed by atoms with van der Waals surface area (Å²) in [7, 11) is 0. The van der Waals surface area contributed by atoms with Crippen molar-refractivity contribution < 1.29 is 3.07 Å². The van der Waals surface area contributed by atoms with Crippen LogP contribution in [0, 0.1) is 3.57 Å². The largest absolute Gasteiger partial charge is 0.428 e. The summed E-state index contributed by atoms with van der Waals surface area (Å²) in [5.41, 5.74) is 2.44. The maximum atomic E-state index is 5.09. The van der Waals surface area contributed by atoms with Crippen molar-refractivity contribution in [1.82, 2.24) is 0 Å². The molecule has 2 aromatic rings. The molecule has 0 saturated carbocycles. The van der Waals surface area contributed by atoms with Crippen molar-refractivity contribution in [2.24, 2.45) is 0 Å². The van der Waals surface area contributed by atoms with Crippen LogP contribution in [0.3, 0.4) is 0 Å². The van der Waals surface area contributed by atoms with Gasteiger partial charge in [-0.1, -0.05) is 24.3 Å². The minimum absolute atomic E-state index is 0.880. The van der Waals surface area contributed by atoms with Gasteiger partial charge in [-0.2, -0.15) is 0 Å². The zero-order chi connectivity index (χ0) is 10.7. The van der Waals surface area contributed by atoms with E-state index in [9.17, 15) is 0 Å². The van der Waals surface area contributed by atoms with Gasteiger partial charge in [0.1, 0.15) is 5.75 Å². The second-order valence-corrected chi connectivity index (χ2v) is 4.79. The van der Waals surface area contributed by atoms with Crippen LogP contribution in [0.1, 0.15) is 0 Å². The highest BCUT2D eigenvalue weighted by Gasteiger charge is 1.97. The summed E-state index contributed by atoms with van der Waals surface area (Å²) >= 11 is 4.19. The highest BCUT2D eigenvalue weighted by Crippen LogP contribution is 2.23. The third-order valence-electron chi connectivity index (χ3n) is 2.12. The second-order valence-electron chi connectivity index (χ2n) is 3.11. The molecule has 0 N–H and O–H groups in total. The predicted molar refractivity (Wildman–Crippen MR) is 79.2 cm³/mol. The van der Waals surface area contributed by atoms with E-state index in [1.165, 1.54) is 14.7 Å². The first-order valence-electron chi connectivity index (χ1n) is 4.44. The van der Waals surface area contributed by atoms with Gasteiger partial charge in [0.15, 0.2) is 23.0 Å². The van der Waals surface area contributed by atoms with Crippen LogP contribution < -0.4 is 3.07 Å². The van der Waals surface area contributed by atoms with Crippen molar-refractivity contribution in [1.29, 1.82) is 0 Å². The smallest absolute Gasteiger partial charge is 0.192 e. The first-order valence-corrected chi connectivity index (χ1v) is 6.40. The Morgan fingerprint density at radius 3 is 1.67 bits per heavy atom. The third-order valence-corrected chi connectivity index (χ3v) is 3.35. The zero-order valence-corrected chi connectivity index (χ0v) is 12.1. The number of rotatable bonds is 2. The van der Waals surface area contributed by atoms with Crippen LogP contribution in [0.2, 0.25) is 0 Å². The lowest BCUT2D eigenvalue weighted by Crippen LogP contribution is -1.79. The summed E-state index contributed by atoms with van der Waals surface area (Å²) in [5, 5.41) is 0. The van der Waals surface area contributed by atoms with Crippen LogP contribution in [-0.2, 0) is 0 Å². The minimum Gasteiger partial charge on any atom is -0.428 e. The Hall–Kier alpha value is -0.300. The van der Waals surface area contributed by atoms with Gasteiger partial charge in [0, 0.05) is 3.57 Å². The molecule has 0 spiro atoms. The third kappa shape index (κ3) is 2.84. The Morgan fingerprint density at radius 2 is 1.20 bits per heavy atom. The fourth-order valence-electron chi connectivity index (χ4n) is 1.34. The lowest BCUT2D eigenvalue weighted by Gasteiger charge is -2.02. The van der Waals surface area contributed by atoms with Gasteiger partial charge in [-0.25, -0.2) is 0 Å². The molecular formula is C12H8I2O. The fourth-order valence-corrected chi connectivity index (χ4v) is 1.99. The molecule has 15 heavy (non-hydrogen) atoms. The van der Waals surface area contributed by atoms with Gasteiger partial charge in [-0.3, -0.25) is 0 Å². The molecule has 76 valence electrons. The quantitative estimate of drug-likeness (QED) is 0.639. The molecule has 2 aromatic carbocycles. The number of hydrogen-bond acceptors (Lipinski definition) is 1. The van der Waals surface area contributed by atoms with Gasteiger partial charge in [0.25, 0.3) is 0 Å². The van der Waals surface area contributed by atoms with Gasteiger partial charge in [-0.15, -0.1) is 0 Å². The molecule has 0 saturated heterocycles. The van der Waals surface area contributed by atoms with E-state index in [1.807, 2.05) is 35.1 Å². The summed E-state index contributed by atoms with van der Waals surface area (Å²) in [6.07, 6.45) is 0. The predicted octanol–water partition coefficient (Wildman–Crippen LogP) is 4.69. The highest BCUT2D eigenvalue weighted by molar-refractivity contribution is 14.1.